The van der Waals surface area contributed by atoms with Gasteiger partial charge in [-0.1, -0.05) is 23.7 Å². The van der Waals surface area contributed by atoms with E-state index in [1.165, 1.54) is 29.7 Å². The first-order valence-electron chi connectivity index (χ1n) is 8.15. The maximum atomic E-state index is 13.4. The van der Waals surface area contributed by atoms with Crippen molar-refractivity contribution >= 4 is 46.1 Å². The number of hydrogen-bond donors (Lipinski definition) is 2. The number of anilines is 2. The van der Waals surface area contributed by atoms with Crippen LogP contribution in [0.3, 0.4) is 0 Å². The Hall–Kier alpha value is -2.91. The SMILES string of the molecule is CC(=O)Nc1ccc(NC(=O)c2csc(-c3cccc(Cl)c3)n2)c(C(F)(F)F)c1. The smallest absolute Gasteiger partial charge is 0.326 e. The van der Waals surface area contributed by atoms with Crippen molar-refractivity contribution in [2.75, 3.05) is 10.6 Å². The van der Waals surface area contributed by atoms with E-state index in [0.717, 1.165) is 12.1 Å². The van der Waals surface area contributed by atoms with E-state index in [4.69, 9.17) is 11.6 Å². The van der Waals surface area contributed by atoms with Gasteiger partial charge in [0.05, 0.1) is 11.3 Å². The average molecular weight is 440 g/mol. The number of benzene rings is 2. The molecule has 0 aliphatic heterocycles. The van der Waals surface area contributed by atoms with Gasteiger partial charge in [0.25, 0.3) is 5.91 Å². The van der Waals surface area contributed by atoms with E-state index in [-0.39, 0.29) is 11.4 Å². The van der Waals surface area contributed by atoms with Gasteiger partial charge >= 0.3 is 6.18 Å². The van der Waals surface area contributed by atoms with E-state index < -0.39 is 29.2 Å². The van der Waals surface area contributed by atoms with Crippen LogP contribution in [0.15, 0.2) is 47.8 Å². The van der Waals surface area contributed by atoms with Gasteiger partial charge in [0, 0.05) is 28.6 Å². The van der Waals surface area contributed by atoms with Gasteiger partial charge in [-0.15, -0.1) is 11.3 Å². The van der Waals surface area contributed by atoms with Crippen molar-refractivity contribution in [3.8, 4) is 10.6 Å². The van der Waals surface area contributed by atoms with Gasteiger partial charge in [-0.3, -0.25) is 9.59 Å². The lowest BCUT2D eigenvalue weighted by Crippen LogP contribution is -2.17. The molecule has 0 bridgehead atoms. The van der Waals surface area contributed by atoms with Gasteiger partial charge in [0.2, 0.25) is 5.91 Å². The molecule has 2 N–H and O–H groups in total. The molecule has 29 heavy (non-hydrogen) atoms. The lowest BCUT2D eigenvalue weighted by molar-refractivity contribution is -0.137. The predicted molar refractivity (Wildman–Crippen MR) is 106 cm³/mol. The molecule has 1 aromatic heterocycles. The summed E-state index contributed by atoms with van der Waals surface area (Å²) in [4.78, 5) is 27.7. The fraction of sp³-hybridized carbons (Fsp3) is 0.105. The summed E-state index contributed by atoms with van der Waals surface area (Å²) < 4.78 is 40.2. The Labute approximate surface area is 172 Å². The molecule has 0 saturated carbocycles. The average Bonchev–Trinajstić information content (AvgIpc) is 3.12. The zero-order valence-electron chi connectivity index (χ0n) is 14.8. The predicted octanol–water partition coefficient (Wildman–Crippen LogP) is 5.69. The molecule has 0 spiro atoms. The van der Waals surface area contributed by atoms with Crippen molar-refractivity contribution in [1.82, 2.24) is 4.98 Å². The molecule has 0 aliphatic rings. The Bertz CT molecular complexity index is 1080. The lowest BCUT2D eigenvalue weighted by Gasteiger charge is -2.15. The zero-order valence-corrected chi connectivity index (χ0v) is 16.4. The molecule has 0 aliphatic carbocycles. The van der Waals surface area contributed by atoms with Crippen molar-refractivity contribution in [2.45, 2.75) is 13.1 Å². The number of nitrogens with one attached hydrogen (secondary N) is 2. The standard InChI is InChI=1S/C19H13ClF3N3O2S/c1-10(27)24-13-5-6-15(14(8-13)19(21,22)23)25-17(28)16-9-29-18(26-16)11-3-2-4-12(20)7-11/h2-9H,1H3,(H,24,27)(H,25,28). The first-order valence-corrected chi connectivity index (χ1v) is 9.41. The minimum absolute atomic E-state index is 0.0240. The third-order valence-corrected chi connectivity index (χ3v) is 4.83. The van der Waals surface area contributed by atoms with Crippen LogP contribution in [0.5, 0.6) is 0 Å². The van der Waals surface area contributed by atoms with Crippen LogP contribution in [0, 0.1) is 0 Å². The molecule has 1 heterocycles. The molecule has 5 nitrogen and oxygen atoms in total. The van der Waals surface area contributed by atoms with E-state index in [1.807, 2.05) is 0 Å². The number of aromatic nitrogens is 1. The van der Waals surface area contributed by atoms with Crippen LogP contribution in [0.1, 0.15) is 23.0 Å². The van der Waals surface area contributed by atoms with Crippen molar-refractivity contribution in [3.05, 3.63) is 64.1 Å². The van der Waals surface area contributed by atoms with E-state index in [0.29, 0.717) is 15.6 Å². The topological polar surface area (TPSA) is 71.1 Å². The van der Waals surface area contributed by atoms with Crippen LogP contribution in [0.4, 0.5) is 24.5 Å². The maximum absolute atomic E-state index is 13.4. The second-order valence-electron chi connectivity index (χ2n) is 5.94. The van der Waals surface area contributed by atoms with Gasteiger partial charge in [0.15, 0.2) is 0 Å². The van der Waals surface area contributed by atoms with Crippen LogP contribution in [-0.4, -0.2) is 16.8 Å². The molecule has 0 saturated heterocycles. The first kappa shape index (κ1) is 20.8. The highest BCUT2D eigenvalue weighted by Gasteiger charge is 2.34. The van der Waals surface area contributed by atoms with Gasteiger partial charge in [-0.25, -0.2) is 4.98 Å². The quantitative estimate of drug-likeness (QED) is 0.548. The first-order chi connectivity index (χ1) is 13.6. The molecule has 3 aromatic rings. The van der Waals surface area contributed by atoms with Crippen molar-refractivity contribution in [1.29, 1.82) is 0 Å². The fourth-order valence-electron chi connectivity index (χ4n) is 2.49. The summed E-state index contributed by atoms with van der Waals surface area (Å²) in [7, 11) is 0. The molecular formula is C19H13ClF3N3O2S. The van der Waals surface area contributed by atoms with Gasteiger partial charge < -0.3 is 10.6 Å². The molecule has 150 valence electrons. The van der Waals surface area contributed by atoms with Gasteiger partial charge in [-0.05, 0) is 30.3 Å². The maximum Gasteiger partial charge on any atom is 0.418 e. The molecule has 3 rings (SSSR count). The lowest BCUT2D eigenvalue weighted by atomic mass is 10.1. The number of carbonyl (C=O) groups excluding carboxylic acids is 2. The van der Waals surface area contributed by atoms with Crippen molar-refractivity contribution in [3.63, 3.8) is 0 Å². The molecular weight excluding hydrogens is 427 g/mol. The molecule has 0 atom stereocenters. The Kier molecular flexibility index (Phi) is 5.90. The molecule has 10 heteroatoms. The number of amides is 2. The van der Waals surface area contributed by atoms with Crippen molar-refractivity contribution < 1.29 is 22.8 Å². The van der Waals surface area contributed by atoms with Crippen LogP contribution < -0.4 is 10.6 Å². The summed E-state index contributed by atoms with van der Waals surface area (Å²) in [6.07, 6.45) is -4.73. The van der Waals surface area contributed by atoms with E-state index in [2.05, 4.69) is 15.6 Å². The van der Waals surface area contributed by atoms with Crippen LogP contribution >= 0.6 is 22.9 Å². The van der Waals surface area contributed by atoms with Gasteiger partial charge in [0.1, 0.15) is 10.7 Å². The third kappa shape index (κ3) is 5.12. The second kappa shape index (κ2) is 8.22. The van der Waals surface area contributed by atoms with Crippen molar-refractivity contribution in [2.24, 2.45) is 0 Å². The highest BCUT2D eigenvalue weighted by atomic mass is 35.5. The van der Waals surface area contributed by atoms with Crippen LogP contribution in [0.25, 0.3) is 10.6 Å². The Morgan fingerprint density at radius 2 is 1.86 bits per heavy atom. The number of alkyl halides is 3. The molecule has 2 amide bonds. The Morgan fingerprint density at radius 1 is 1.10 bits per heavy atom. The van der Waals surface area contributed by atoms with E-state index in [9.17, 15) is 22.8 Å². The third-order valence-electron chi connectivity index (χ3n) is 3.70. The summed E-state index contributed by atoms with van der Waals surface area (Å²) in [6.45, 7) is 1.18. The molecule has 0 unspecified atom stereocenters. The summed E-state index contributed by atoms with van der Waals surface area (Å²) in [5.74, 6) is -1.29. The number of rotatable bonds is 4. The molecule has 0 radical (unpaired) electrons. The number of carbonyl (C=O) groups is 2. The zero-order chi connectivity index (χ0) is 21.2. The number of hydrogen-bond acceptors (Lipinski definition) is 4. The Balaban J connectivity index is 1.86. The summed E-state index contributed by atoms with van der Waals surface area (Å²) in [5.41, 5.74) is -0.878. The second-order valence-corrected chi connectivity index (χ2v) is 7.24. The van der Waals surface area contributed by atoms with Crippen LogP contribution in [-0.2, 0) is 11.0 Å². The normalized spacial score (nSPS) is 11.2. The Morgan fingerprint density at radius 3 is 2.52 bits per heavy atom. The summed E-state index contributed by atoms with van der Waals surface area (Å²) in [6, 6.07) is 9.95. The number of nitrogens with zero attached hydrogens (tertiary/aromatic N) is 1. The molecule has 0 fully saturated rings. The minimum atomic E-state index is -4.73. The highest BCUT2D eigenvalue weighted by molar-refractivity contribution is 7.13. The summed E-state index contributed by atoms with van der Waals surface area (Å²) in [5, 5.41) is 6.97. The summed E-state index contributed by atoms with van der Waals surface area (Å²) >= 11 is 7.11. The van der Waals surface area contributed by atoms with E-state index >= 15 is 0 Å². The van der Waals surface area contributed by atoms with Gasteiger partial charge in [-0.2, -0.15) is 13.2 Å². The number of thiazole rings is 1. The molecule has 2 aromatic carbocycles. The van der Waals surface area contributed by atoms with Crippen LogP contribution in [0.2, 0.25) is 5.02 Å². The highest BCUT2D eigenvalue weighted by Crippen LogP contribution is 2.37. The monoisotopic (exact) mass is 439 g/mol. The fourth-order valence-corrected chi connectivity index (χ4v) is 3.47. The number of halogens is 4. The largest absolute Gasteiger partial charge is 0.418 e. The minimum Gasteiger partial charge on any atom is -0.326 e. The van der Waals surface area contributed by atoms with E-state index in [1.54, 1.807) is 24.3 Å².